The number of fused-ring (bicyclic) bond motifs is 3. The molecule has 2 aliphatic heterocycles. The number of benzene rings is 1. The van der Waals surface area contributed by atoms with Crippen LogP contribution in [0.15, 0.2) is 31.9 Å². The third-order valence-corrected chi connectivity index (χ3v) is 6.09. The molecule has 2 fully saturated rings. The normalized spacial score (nSPS) is 20.8. The summed E-state index contributed by atoms with van der Waals surface area (Å²) in [5.74, 6) is 0.621. The lowest BCUT2D eigenvalue weighted by atomic mass is 10.1. The van der Waals surface area contributed by atoms with E-state index in [1.54, 1.807) is 0 Å². The molecule has 5 rings (SSSR count). The Kier molecular flexibility index (Phi) is 5.20. The lowest BCUT2D eigenvalue weighted by Gasteiger charge is -2.31. The van der Waals surface area contributed by atoms with E-state index >= 15 is 0 Å². The van der Waals surface area contributed by atoms with E-state index in [1.807, 2.05) is 23.1 Å². The molecule has 0 radical (unpaired) electrons. The van der Waals surface area contributed by atoms with Gasteiger partial charge < -0.3 is 19.6 Å². The fraction of sp³-hybridized carbons (Fsp3) is 0.421. The fourth-order valence-electron chi connectivity index (χ4n) is 4.22. The summed E-state index contributed by atoms with van der Waals surface area (Å²) in [7, 11) is 0. The predicted octanol–water partition coefficient (Wildman–Crippen LogP) is 2.92. The van der Waals surface area contributed by atoms with Crippen LogP contribution in [-0.4, -0.2) is 46.5 Å². The first-order valence-corrected chi connectivity index (χ1v) is 10.0. The lowest BCUT2D eigenvalue weighted by Crippen LogP contribution is -2.43. The number of furan rings is 1. The molecule has 148 valence electrons. The molecule has 0 aliphatic carbocycles. The summed E-state index contributed by atoms with van der Waals surface area (Å²) in [4.78, 5) is 34.7. The summed E-state index contributed by atoms with van der Waals surface area (Å²) in [5.41, 5.74) is 1.11. The van der Waals surface area contributed by atoms with Crippen LogP contribution in [0.3, 0.4) is 0 Å². The third-order valence-electron chi connectivity index (χ3n) is 5.60. The van der Waals surface area contributed by atoms with Gasteiger partial charge in [-0.05, 0) is 44.1 Å². The van der Waals surface area contributed by atoms with Crippen molar-refractivity contribution in [3.05, 3.63) is 38.9 Å². The van der Waals surface area contributed by atoms with Crippen LogP contribution < -0.4 is 10.9 Å². The van der Waals surface area contributed by atoms with Crippen LogP contribution >= 0.6 is 28.3 Å². The van der Waals surface area contributed by atoms with E-state index in [4.69, 9.17) is 9.40 Å². The van der Waals surface area contributed by atoms with Gasteiger partial charge in [0.25, 0.3) is 5.56 Å². The Morgan fingerprint density at radius 2 is 2.00 bits per heavy atom. The number of nitrogens with zero attached hydrogens (tertiary/aromatic N) is 2. The van der Waals surface area contributed by atoms with Crippen LogP contribution in [0, 0.1) is 0 Å². The lowest BCUT2D eigenvalue weighted by molar-refractivity contribution is -0.130. The molecule has 4 heterocycles. The van der Waals surface area contributed by atoms with Crippen molar-refractivity contribution >= 4 is 56.3 Å². The van der Waals surface area contributed by atoms with Crippen molar-refractivity contribution in [2.75, 3.05) is 19.6 Å². The van der Waals surface area contributed by atoms with E-state index < -0.39 is 0 Å². The quantitative estimate of drug-likeness (QED) is 0.605. The van der Waals surface area contributed by atoms with Gasteiger partial charge in [0.1, 0.15) is 16.9 Å². The maximum Gasteiger partial charge on any atom is 0.294 e. The molecule has 7 nitrogen and oxygen atoms in total. The molecule has 0 saturated carbocycles. The number of rotatable bonds is 2. The van der Waals surface area contributed by atoms with Gasteiger partial charge in [-0.3, -0.25) is 9.59 Å². The Morgan fingerprint density at radius 1 is 1.21 bits per heavy atom. The molecule has 2 N–H and O–H groups in total. The highest BCUT2D eigenvalue weighted by atomic mass is 79.9. The Bertz CT molecular complexity index is 1110. The largest absolute Gasteiger partial charge is 0.449 e. The minimum atomic E-state index is -0.296. The molecular weight excluding hydrogens is 448 g/mol. The van der Waals surface area contributed by atoms with Crippen LogP contribution in [0.1, 0.15) is 31.0 Å². The van der Waals surface area contributed by atoms with Crippen LogP contribution in [0.5, 0.6) is 0 Å². The first kappa shape index (κ1) is 19.4. The Labute approximate surface area is 175 Å². The molecule has 2 saturated heterocycles. The summed E-state index contributed by atoms with van der Waals surface area (Å²) < 4.78 is 6.58. The van der Waals surface area contributed by atoms with Crippen LogP contribution in [0.2, 0.25) is 0 Å². The van der Waals surface area contributed by atoms with Gasteiger partial charge in [-0.1, -0.05) is 15.9 Å². The number of aromatic amines is 1. The number of aromatic nitrogens is 2. The van der Waals surface area contributed by atoms with E-state index in [9.17, 15) is 9.59 Å². The molecule has 1 unspecified atom stereocenters. The van der Waals surface area contributed by atoms with Gasteiger partial charge in [0.05, 0.1) is 0 Å². The van der Waals surface area contributed by atoms with Crippen LogP contribution in [0.4, 0.5) is 0 Å². The molecule has 0 spiro atoms. The highest BCUT2D eigenvalue weighted by molar-refractivity contribution is 9.10. The molecule has 2 aromatic heterocycles. The average Bonchev–Trinajstić information content (AvgIpc) is 3.23. The van der Waals surface area contributed by atoms with Gasteiger partial charge in [0.15, 0.2) is 0 Å². The van der Waals surface area contributed by atoms with Crippen molar-refractivity contribution in [3.63, 3.8) is 0 Å². The van der Waals surface area contributed by atoms with Gasteiger partial charge in [-0.25, -0.2) is 4.98 Å². The monoisotopic (exact) mass is 466 g/mol. The second kappa shape index (κ2) is 7.50. The molecule has 3 aromatic rings. The summed E-state index contributed by atoms with van der Waals surface area (Å²) >= 11 is 3.45. The zero-order chi connectivity index (χ0) is 18.5. The van der Waals surface area contributed by atoms with Crippen molar-refractivity contribution < 1.29 is 9.21 Å². The second-order valence-electron chi connectivity index (χ2n) is 7.30. The Balaban J connectivity index is 0.00000192. The number of hydrogen-bond donors (Lipinski definition) is 2. The van der Waals surface area contributed by atoms with Crippen molar-refractivity contribution in [1.29, 1.82) is 0 Å². The minimum absolute atomic E-state index is 0. The van der Waals surface area contributed by atoms with Crippen molar-refractivity contribution in [2.24, 2.45) is 0 Å². The van der Waals surface area contributed by atoms with Gasteiger partial charge >= 0.3 is 0 Å². The number of likely N-dealkylation sites (tertiary alicyclic amines) is 1. The number of nitrogens with one attached hydrogen (secondary N) is 2. The van der Waals surface area contributed by atoms with Crippen LogP contribution in [0.25, 0.3) is 22.1 Å². The number of hydrogen-bond acceptors (Lipinski definition) is 5. The molecule has 1 aromatic carbocycles. The molecule has 2 aliphatic rings. The highest BCUT2D eigenvalue weighted by Crippen LogP contribution is 2.32. The summed E-state index contributed by atoms with van der Waals surface area (Å²) in [5, 5.41) is 4.13. The predicted molar refractivity (Wildman–Crippen MR) is 112 cm³/mol. The fourth-order valence-corrected chi connectivity index (χ4v) is 4.58. The van der Waals surface area contributed by atoms with Gasteiger partial charge in [-0.15, -0.1) is 12.4 Å². The number of carbonyl (C=O) groups excluding carboxylic acids is 1. The van der Waals surface area contributed by atoms with Crippen molar-refractivity contribution in [1.82, 2.24) is 20.2 Å². The number of amides is 1. The zero-order valence-electron chi connectivity index (χ0n) is 15.0. The molecule has 9 heteroatoms. The first-order valence-electron chi connectivity index (χ1n) is 9.22. The van der Waals surface area contributed by atoms with Gasteiger partial charge in [-0.2, -0.15) is 0 Å². The zero-order valence-corrected chi connectivity index (χ0v) is 17.4. The summed E-state index contributed by atoms with van der Waals surface area (Å²) in [6, 6.07) is 5.87. The number of halogens is 2. The first-order chi connectivity index (χ1) is 13.1. The molecule has 1 atom stereocenters. The third kappa shape index (κ3) is 3.23. The van der Waals surface area contributed by atoms with Crippen LogP contribution in [-0.2, 0) is 4.79 Å². The maximum atomic E-state index is 12.6. The molecule has 1 amide bonds. The van der Waals surface area contributed by atoms with E-state index in [0.717, 1.165) is 35.8 Å². The second-order valence-corrected chi connectivity index (χ2v) is 8.22. The highest BCUT2D eigenvalue weighted by Gasteiger charge is 2.37. The molecule has 0 bridgehead atoms. The SMILES string of the molecule is Cl.O=C1CC(c2nc3c(oc4ccc(Br)cc43)c(=O)[nH]2)CN1C1CCNCC1. The van der Waals surface area contributed by atoms with Gasteiger partial charge in [0, 0.05) is 34.8 Å². The number of H-pyrrole nitrogens is 1. The van der Waals surface area contributed by atoms with Gasteiger partial charge in [0.2, 0.25) is 11.5 Å². The average molecular weight is 468 g/mol. The molecule has 28 heavy (non-hydrogen) atoms. The van der Waals surface area contributed by atoms with Crippen molar-refractivity contribution in [2.45, 2.75) is 31.2 Å². The smallest absolute Gasteiger partial charge is 0.294 e. The van der Waals surface area contributed by atoms with E-state index in [2.05, 4.69) is 26.2 Å². The van der Waals surface area contributed by atoms with E-state index in [0.29, 0.717) is 29.9 Å². The van der Waals surface area contributed by atoms with E-state index in [1.165, 1.54) is 0 Å². The topological polar surface area (TPSA) is 91.2 Å². The maximum absolute atomic E-state index is 12.6. The number of piperidine rings is 1. The number of carbonyl (C=O) groups is 1. The molecular formula is C19H20BrClN4O3. The van der Waals surface area contributed by atoms with Crippen molar-refractivity contribution in [3.8, 4) is 0 Å². The van der Waals surface area contributed by atoms with E-state index in [-0.39, 0.29) is 41.4 Å². The Hall–Kier alpha value is -1.90. The summed E-state index contributed by atoms with van der Waals surface area (Å²) in [6.07, 6.45) is 2.33. The minimum Gasteiger partial charge on any atom is -0.449 e. The summed E-state index contributed by atoms with van der Waals surface area (Å²) in [6.45, 7) is 2.49. The standard InChI is InChI=1S/C19H19BrN4O3.ClH/c20-11-1-2-14-13(8-11)16-17(27-14)19(26)23-18(22-16)10-7-15(25)24(9-10)12-3-5-21-6-4-12;/h1-2,8,10,12,21H,3-7,9H2,(H,22,23,26);1H. The Morgan fingerprint density at radius 3 is 2.79 bits per heavy atom.